The third-order valence-corrected chi connectivity index (χ3v) is 2.31. The summed E-state index contributed by atoms with van der Waals surface area (Å²) >= 11 is 4.84. The smallest absolute Gasteiger partial charge is 0.295 e. The second-order valence-electron chi connectivity index (χ2n) is 3.38. The number of nitrogens with zero attached hydrogens (tertiary/aromatic N) is 1. The van der Waals surface area contributed by atoms with E-state index in [1.54, 1.807) is 0 Å². The van der Waals surface area contributed by atoms with E-state index in [9.17, 15) is 0 Å². The second-order valence-corrected chi connectivity index (χ2v) is 3.75. The molecular weight excluding hydrogens is 224 g/mol. The van der Waals surface area contributed by atoms with E-state index in [-0.39, 0.29) is 4.84 Å². The van der Waals surface area contributed by atoms with Gasteiger partial charge in [-0.1, -0.05) is 11.2 Å². The number of aryl methyl sites for hydroxylation is 1. The summed E-state index contributed by atoms with van der Waals surface area (Å²) in [6.45, 7) is 4.56. The minimum absolute atomic E-state index is 0.262. The quantitative estimate of drug-likeness (QED) is 0.832. The Labute approximate surface area is 98.2 Å². The van der Waals surface area contributed by atoms with Gasteiger partial charge in [-0.25, -0.2) is 0 Å². The fourth-order valence-electron chi connectivity index (χ4n) is 1.45. The Morgan fingerprint density at radius 3 is 2.94 bits per heavy atom. The van der Waals surface area contributed by atoms with Crippen LogP contribution in [-0.4, -0.2) is 16.7 Å². The van der Waals surface area contributed by atoms with Crippen LogP contribution in [0.2, 0.25) is 0 Å². The van der Waals surface area contributed by atoms with Crippen LogP contribution in [0.4, 0.5) is 0 Å². The molecule has 84 valence electrons. The van der Waals surface area contributed by atoms with Crippen LogP contribution in [0.5, 0.6) is 5.75 Å². The zero-order valence-corrected chi connectivity index (χ0v) is 9.93. The Hall–Kier alpha value is -1.62. The minimum atomic E-state index is 0.262. The molecule has 0 saturated heterocycles. The molecule has 4 nitrogen and oxygen atoms in total. The summed E-state index contributed by atoms with van der Waals surface area (Å²) in [5, 5.41) is 3.84. The van der Waals surface area contributed by atoms with Crippen LogP contribution in [0.3, 0.4) is 0 Å². The van der Waals surface area contributed by atoms with E-state index in [0.29, 0.717) is 12.4 Å². The van der Waals surface area contributed by atoms with Crippen LogP contribution < -0.4 is 4.74 Å². The van der Waals surface area contributed by atoms with E-state index in [4.69, 9.17) is 21.5 Å². The molecule has 16 heavy (non-hydrogen) atoms. The molecule has 1 N–H and O–H groups in total. The largest absolute Gasteiger partial charge is 0.493 e. The van der Waals surface area contributed by atoms with E-state index in [1.165, 1.54) is 0 Å². The van der Waals surface area contributed by atoms with Crippen molar-refractivity contribution in [2.24, 2.45) is 0 Å². The van der Waals surface area contributed by atoms with Crippen molar-refractivity contribution in [2.45, 2.75) is 13.8 Å². The fourth-order valence-corrected chi connectivity index (χ4v) is 1.58. The van der Waals surface area contributed by atoms with E-state index in [0.717, 1.165) is 16.9 Å². The van der Waals surface area contributed by atoms with E-state index >= 15 is 0 Å². The van der Waals surface area contributed by atoms with Gasteiger partial charge in [0.05, 0.1) is 12.2 Å². The molecule has 0 saturated carbocycles. The molecule has 0 bridgehead atoms. The van der Waals surface area contributed by atoms with Gasteiger partial charge in [-0.05, 0) is 43.8 Å². The first kappa shape index (κ1) is 10.9. The summed E-state index contributed by atoms with van der Waals surface area (Å²) in [6, 6.07) is 5.89. The fraction of sp³-hybridized carbons (Fsp3) is 0.273. The number of nitrogens with one attached hydrogen (secondary N) is 1. The Morgan fingerprint density at radius 1 is 1.50 bits per heavy atom. The van der Waals surface area contributed by atoms with Crippen molar-refractivity contribution in [1.82, 2.24) is 10.1 Å². The van der Waals surface area contributed by atoms with Crippen molar-refractivity contribution in [3.63, 3.8) is 0 Å². The van der Waals surface area contributed by atoms with Gasteiger partial charge in [-0.2, -0.15) is 0 Å². The molecule has 0 aliphatic heterocycles. The molecule has 0 radical (unpaired) electrons. The van der Waals surface area contributed by atoms with Gasteiger partial charge in [0.2, 0.25) is 0 Å². The molecule has 0 amide bonds. The van der Waals surface area contributed by atoms with Gasteiger partial charge in [0, 0.05) is 0 Å². The number of aromatic nitrogens is 2. The second kappa shape index (κ2) is 4.49. The van der Waals surface area contributed by atoms with Crippen molar-refractivity contribution < 1.29 is 9.26 Å². The number of rotatable bonds is 3. The van der Waals surface area contributed by atoms with Crippen molar-refractivity contribution >= 4 is 12.2 Å². The van der Waals surface area contributed by atoms with Crippen LogP contribution in [0.15, 0.2) is 22.7 Å². The first-order chi connectivity index (χ1) is 7.70. The molecule has 1 aromatic heterocycles. The molecule has 1 aromatic carbocycles. The number of hydrogen-bond donors (Lipinski definition) is 1. The van der Waals surface area contributed by atoms with Crippen LogP contribution in [0.1, 0.15) is 12.5 Å². The molecule has 5 heteroatoms. The van der Waals surface area contributed by atoms with Crippen LogP contribution in [0.25, 0.3) is 11.4 Å². The summed E-state index contributed by atoms with van der Waals surface area (Å²) in [5.74, 6) is 1.37. The first-order valence-corrected chi connectivity index (χ1v) is 5.41. The van der Waals surface area contributed by atoms with Crippen LogP contribution in [-0.2, 0) is 0 Å². The van der Waals surface area contributed by atoms with E-state index in [2.05, 4.69) is 10.1 Å². The lowest BCUT2D eigenvalue weighted by Gasteiger charge is -2.08. The number of benzene rings is 1. The molecule has 0 aliphatic carbocycles. The highest BCUT2D eigenvalue weighted by Crippen LogP contribution is 2.28. The Balaban J connectivity index is 2.51. The first-order valence-electron chi connectivity index (χ1n) is 5.00. The predicted molar refractivity (Wildman–Crippen MR) is 63.0 cm³/mol. The zero-order chi connectivity index (χ0) is 11.5. The average Bonchev–Trinajstić information content (AvgIpc) is 2.65. The summed E-state index contributed by atoms with van der Waals surface area (Å²) in [4.78, 5) is 3.13. The molecule has 2 aromatic rings. The topological polar surface area (TPSA) is 51.1 Å². The van der Waals surface area contributed by atoms with E-state index < -0.39 is 0 Å². The van der Waals surface area contributed by atoms with Crippen molar-refractivity contribution in [3.05, 3.63) is 28.6 Å². The predicted octanol–water partition coefficient (Wildman–Crippen LogP) is 3.11. The van der Waals surface area contributed by atoms with Gasteiger partial charge >= 0.3 is 0 Å². The van der Waals surface area contributed by atoms with Gasteiger partial charge in [0.25, 0.3) is 4.84 Å². The highest BCUT2D eigenvalue weighted by molar-refractivity contribution is 7.71. The molecule has 0 aliphatic rings. The maximum atomic E-state index is 5.55. The molecule has 0 unspecified atom stereocenters. The molecule has 0 spiro atoms. The maximum Gasteiger partial charge on any atom is 0.295 e. The van der Waals surface area contributed by atoms with Crippen molar-refractivity contribution in [2.75, 3.05) is 6.61 Å². The monoisotopic (exact) mass is 236 g/mol. The van der Waals surface area contributed by atoms with E-state index in [1.807, 2.05) is 32.0 Å². The number of aromatic amines is 1. The molecule has 0 atom stereocenters. The molecule has 2 rings (SSSR count). The standard InChI is InChI=1S/C11H12N2O2S/c1-3-14-9-6-7(2)4-5-8(9)10-12-11(16)15-13-10/h4-6H,3H2,1-2H3,(H,12,13,16). The summed E-state index contributed by atoms with van der Waals surface area (Å²) in [7, 11) is 0. The van der Waals surface area contributed by atoms with Crippen molar-refractivity contribution in [1.29, 1.82) is 0 Å². The molecular formula is C11H12N2O2S. The maximum absolute atomic E-state index is 5.55. The van der Waals surface area contributed by atoms with Gasteiger partial charge in [0.15, 0.2) is 5.82 Å². The van der Waals surface area contributed by atoms with Gasteiger partial charge in [-0.3, -0.25) is 4.98 Å². The third kappa shape index (κ3) is 2.14. The third-order valence-electron chi connectivity index (χ3n) is 2.13. The normalized spacial score (nSPS) is 10.4. The minimum Gasteiger partial charge on any atom is -0.493 e. The summed E-state index contributed by atoms with van der Waals surface area (Å²) < 4.78 is 10.4. The average molecular weight is 236 g/mol. The summed E-state index contributed by atoms with van der Waals surface area (Å²) in [5.41, 5.74) is 1.99. The Bertz CT molecular complexity index is 545. The Morgan fingerprint density at radius 2 is 2.31 bits per heavy atom. The lowest BCUT2D eigenvalue weighted by atomic mass is 10.1. The lowest BCUT2D eigenvalue weighted by molar-refractivity contribution is 0.341. The van der Waals surface area contributed by atoms with Gasteiger partial charge in [0.1, 0.15) is 5.75 Å². The number of ether oxygens (including phenoxy) is 1. The highest BCUT2D eigenvalue weighted by Gasteiger charge is 2.10. The SMILES string of the molecule is CCOc1cc(C)ccc1-c1noc(=S)[nH]1. The zero-order valence-electron chi connectivity index (χ0n) is 9.11. The van der Waals surface area contributed by atoms with Crippen molar-refractivity contribution in [3.8, 4) is 17.1 Å². The highest BCUT2D eigenvalue weighted by atomic mass is 32.1. The molecule has 0 fully saturated rings. The van der Waals surface area contributed by atoms with Gasteiger partial charge in [-0.15, -0.1) is 0 Å². The molecule has 1 heterocycles. The number of hydrogen-bond acceptors (Lipinski definition) is 4. The summed E-state index contributed by atoms with van der Waals surface area (Å²) in [6.07, 6.45) is 0. The number of H-pyrrole nitrogens is 1. The van der Waals surface area contributed by atoms with Crippen LogP contribution in [0, 0.1) is 11.8 Å². The Kier molecular flexibility index (Phi) is 3.05. The lowest BCUT2D eigenvalue weighted by Crippen LogP contribution is -1.95. The van der Waals surface area contributed by atoms with Gasteiger partial charge < -0.3 is 9.26 Å². The van der Waals surface area contributed by atoms with Crippen LogP contribution >= 0.6 is 12.2 Å².